The van der Waals surface area contributed by atoms with Gasteiger partial charge in [0.2, 0.25) is 15.9 Å². The highest BCUT2D eigenvalue weighted by Gasteiger charge is 2.40. The zero-order valence-electron chi connectivity index (χ0n) is 20.5. The summed E-state index contributed by atoms with van der Waals surface area (Å²) < 4.78 is 55.2. The molecule has 11 nitrogen and oxygen atoms in total. The summed E-state index contributed by atoms with van der Waals surface area (Å²) in [6, 6.07) is 7.76. The van der Waals surface area contributed by atoms with Crippen molar-refractivity contribution in [3.05, 3.63) is 58.7 Å². The van der Waals surface area contributed by atoms with Crippen LogP contribution < -0.4 is 15.4 Å². The second kappa shape index (κ2) is 9.30. The Bertz CT molecular complexity index is 1610. The van der Waals surface area contributed by atoms with Gasteiger partial charge in [0, 0.05) is 18.2 Å². The molecule has 1 heterocycles. The monoisotopic (exact) mass is 546 g/mol. The van der Waals surface area contributed by atoms with E-state index in [0.717, 1.165) is 17.9 Å². The number of ketones is 1. The molecular formula is C24H26N4O7S2. The predicted molar refractivity (Wildman–Crippen MR) is 139 cm³/mol. The lowest BCUT2D eigenvalue weighted by molar-refractivity contribution is -0.124. The molecule has 0 bridgehead atoms. The summed E-state index contributed by atoms with van der Waals surface area (Å²) in [4.78, 5) is 25.2. The molecule has 0 spiro atoms. The third kappa shape index (κ3) is 5.23. The van der Waals surface area contributed by atoms with Gasteiger partial charge in [-0.2, -0.15) is 8.42 Å². The Hall–Kier alpha value is -3.71. The summed E-state index contributed by atoms with van der Waals surface area (Å²) in [7, 11) is -8.07. The molecule has 0 saturated carbocycles. The summed E-state index contributed by atoms with van der Waals surface area (Å²) in [5.41, 5.74) is 1.13. The van der Waals surface area contributed by atoms with Gasteiger partial charge in [-0.3, -0.25) is 14.3 Å². The molecule has 1 amide bonds. The van der Waals surface area contributed by atoms with Crippen LogP contribution in [0.25, 0.3) is 5.76 Å². The lowest BCUT2D eigenvalue weighted by Crippen LogP contribution is -2.40. The normalized spacial score (nSPS) is 18.5. The number of hydrogen-bond acceptors (Lipinski definition) is 8. The fraction of sp³-hybridized carbons (Fsp3) is 0.292. The first kappa shape index (κ1) is 26.4. The number of rotatable bonds is 6. The van der Waals surface area contributed by atoms with E-state index >= 15 is 0 Å². The molecule has 0 fully saturated rings. The standard InChI is InChI=1S/C24H26N4O7S2/c1-12(2)10-14-6-5-7-16-19(14)22(30)20(23(31)21(16)25-13(3)29)24-26-17-9-8-15(27-36(4,32)33)11-18(17)37(34,35)28-24/h5-9,11-12,21,27,30H,10H2,1-4H3,(H,25,29)(H,26,28). The van der Waals surface area contributed by atoms with Crippen LogP contribution in [0.5, 0.6) is 0 Å². The van der Waals surface area contributed by atoms with Gasteiger partial charge in [0.1, 0.15) is 22.3 Å². The van der Waals surface area contributed by atoms with Crippen LogP contribution in [0.4, 0.5) is 11.4 Å². The van der Waals surface area contributed by atoms with Gasteiger partial charge >= 0.3 is 0 Å². The zero-order chi connectivity index (χ0) is 27.3. The Balaban J connectivity index is 1.89. The van der Waals surface area contributed by atoms with Gasteiger partial charge in [-0.05, 0) is 41.7 Å². The van der Waals surface area contributed by atoms with E-state index in [1.165, 1.54) is 19.1 Å². The molecule has 2 aliphatic rings. The van der Waals surface area contributed by atoms with E-state index in [-0.39, 0.29) is 27.8 Å². The minimum atomic E-state index is -4.41. The number of Topliss-reactive ketones (excluding diaryl/α,β-unsaturated/α-hetero) is 1. The van der Waals surface area contributed by atoms with Gasteiger partial charge in [-0.1, -0.05) is 32.0 Å². The molecule has 0 aromatic heterocycles. The Morgan fingerprint density at radius 1 is 1.22 bits per heavy atom. The lowest BCUT2D eigenvalue weighted by atomic mass is 9.81. The number of amides is 1. The summed E-state index contributed by atoms with van der Waals surface area (Å²) in [6.45, 7) is 5.23. The van der Waals surface area contributed by atoms with Gasteiger partial charge in [0.25, 0.3) is 10.0 Å². The molecule has 13 heteroatoms. The van der Waals surface area contributed by atoms with E-state index in [4.69, 9.17) is 0 Å². The molecule has 196 valence electrons. The topological polar surface area (TPSA) is 171 Å². The second-order valence-corrected chi connectivity index (χ2v) is 12.6. The molecule has 1 aliphatic carbocycles. The van der Waals surface area contributed by atoms with Crippen molar-refractivity contribution in [2.75, 3.05) is 16.3 Å². The van der Waals surface area contributed by atoms with Gasteiger partial charge in [0.15, 0.2) is 11.6 Å². The van der Waals surface area contributed by atoms with Crippen LogP contribution in [0.3, 0.4) is 0 Å². The van der Waals surface area contributed by atoms with Crippen molar-refractivity contribution < 1.29 is 31.5 Å². The number of sulfonamides is 2. The Kier molecular flexibility index (Phi) is 6.63. The predicted octanol–water partition coefficient (Wildman–Crippen LogP) is 2.50. The molecule has 0 saturated heterocycles. The number of carbonyl (C=O) groups excluding carboxylic acids is 2. The van der Waals surface area contributed by atoms with E-state index < -0.39 is 49.4 Å². The van der Waals surface area contributed by atoms with Crippen LogP contribution in [-0.2, 0) is 36.1 Å². The molecule has 1 unspecified atom stereocenters. The smallest absolute Gasteiger partial charge is 0.286 e. The summed E-state index contributed by atoms with van der Waals surface area (Å²) in [5, 5.41) is 16.7. The van der Waals surface area contributed by atoms with Crippen LogP contribution in [0, 0.1) is 5.92 Å². The van der Waals surface area contributed by atoms with Crippen molar-refractivity contribution in [1.82, 2.24) is 5.32 Å². The van der Waals surface area contributed by atoms with Crippen molar-refractivity contribution in [3.63, 3.8) is 0 Å². The van der Waals surface area contributed by atoms with Crippen LogP contribution >= 0.6 is 0 Å². The first-order valence-electron chi connectivity index (χ1n) is 11.3. The Morgan fingerprint density at radius 2 is 1.92 bits per heavy atom. The van der Waals surface area contributed by atoms with E-state index in [1.807, 2.05) is 13.8 Å². The minimum Gasteiger partial charge on any atom is -0.506 e. The van der Waals surface area contributed by atoms with E-state index in [2.05, 4.69) is 19.8 Å². The average Bonchev–Trinajstić information content (AvgIpc) is 2.75. The third-order valence-corrected chi connectivity index (χ3v) is 7.64. The maximum absolute atomic E-state index is 13.6. The SMILES string of the molecule is CC(=O)NC1C(=O)C(C2=NS(=O)(=O)c3cc(NS(C)(=O)=O)ccc3N2)=C(O)c2c(CC(C)C)cccc21. The number of fused-ring (bicyclic) bond motifs is 2. The maximum Gasteiger partial charge on any atom is 0.286 e. The number of anilines is 2. The van der Waals surface area contributed by atoms with E-state index in [1.54, 1.807) is 18.2 Å². The second-order valence-electron chi connectivity index (χ2n) is 9.33. The first-order valence-corrected chi connectivity index (χ1v) is 14.6. The first-order chi connectivity index (χ1) is 17.2. The minimum absolute atomic E-state index is 0.0130. The molecule has 4 N–H and O–H groups in total. The van der Waals surface area contributed by atoms with Crippen LogP contribution in [0.2, 0.25) is 0 Å². The molecule has 2 aromatic carbocycles. The molecule has 2 aromatic rings. The summed E-state index contributed by atoms with van der Waals surface area (Å²) in [5.74, 6) is -1.87. The number of benzene rings is 2. The fourth-order valence-electron chi connectivity index (χ4n) is 4.41. The van der Waals surface area contributed by atoms with Gasteiger partial charge in [0.05, 0.1) is 11.9 Å². The lowest BCUT2D eigenvalue weighted by Gasteiger charge is -2.30. The zero-order valence-corrected chi connectivity index (χ0v) is 22.1. The number of aliphatic hydroxyl groups is 1. The quantitative estimate of drug-likeness (QED) is 0.428. The number of amidine groups is 1. The van der Waals surface area contributed by atoms with Crippen molar-refractivity contribution in [3.8, 4) is 0 Å². The number of aliphatic hydroxyl groups excluding tert-OH is 1. The fourth-order valence-corrected chi connectivity index (χ4v) is 6.11. The van der Waals surface area contributed by atoms with Crippen molar-refractivity contribution in [2.24, 2.45) is 10.3 Å². The molecule has 1 aliphatic heterocycles. The largest absolute Gasteiger partial charge is 0.506 e. The summed E-state index contributed by atoms with van der Waals surface area (Å²) in [6.07, 6.45) is 1.48. The summed E-state index contributed by atoms with van der Waals surface area (Å²) >= 11 is 0. The molecule has 0 radical (unpaired) electrons. The van der Waals surface area contributed by atoms with Crippen LogP contribution in [-0.4, -0.2) is 45.7 Å². The molecule has 4 rings (SSSR count). The van der Waals surface area contributed by atoms with Gasteiger partial charge < -0.3 is 15.7 Å². The van der Waals surface area contributed by atoms with Crippen LogP contribution in [0.1, 0.15) is 43.5 Å². The maximum atomic E-state index is 13.6. The molecule has 37 heavy (non-hydrogen) atoms. The highest BCUT2D eigenvalue weighted by atomic mass is 32.2. The number of carbonyl (C=O) groups is 2. The van der Waals surface area contributed by atoms with E-state index in [0.29, 0.717) is 17.5 Å². The van der Waals surface area contributed by atoms with Gasteiger partial charge in [-0.25, -0.2) is 8.42 Å². The van der Waals surface area contributed by atoms with Crippen molar-refractivity contribution in [1.29, 1.82) is 0 Å². The Morgan fingerprint density at radius 3 is 2.54 bits per heavy atom. The number of hydrogen-bond donors (Lipinski definition) is 4. The number of nitrogens with one attached hydrogen (secondary N) is 3. The molecular weight excluding hydrogens is 520 g/mol. The van der Waals surface area contributed by atoms with Crippen LogP contribution in [0.15, 0.2) is 51.3 Å². The highest BCUT2D eigenvalue weighted by Crippen LogP contribution is 2.39. The molecule has 1 atom stereocenters. The van der Waals surface area contributed by atoms with E-state index in [9.17, 15) is 31.5 Å². The number of nitrogens with zero attached hydrogens (tertiary/aromatic N) is 1. The van der Waals surface area contributed by atoms with Gasteiger partial charge in [-0.15, -0.1) is 4.40 Å². The average molecular weight is 547 g/mol. The highest BCUT2D eigenvalue weighted by molar-refractivity contribution is 7.92. The van der Waals surface area contributed by atoms with Crippen molar-refractivity contribution in [2.45, 2.75) is 38.1 Å². The Labute approximate surface area is 214 Å². The third-order valence-electron chi connectivity index (χ3n) is 5.72. The van der Waals surface area contributed by atoms with Crippen molar-refractivity contribution >= 4 is 54.7 Å².